The molecule has 1 rings (SSSR count). The van der Waals surface area contributed by atoms with E-state index in [9.17, 15) is 13.2 Å². The van der Waals surface area contributed by atoms with Gasteiger partial charge in [-0.05, 0) is 25.1 Å². The zero-order valence-electron chi connectivity index (χ0n) is 7.52. The van der Waals surface area contributed by atoms with Crippen molar-refractivity contribution in [3.8, 4) is 0 Å². The lowest BCUT2D eigenvalue weighted by atomic mass is 10.1. The van der Waals surface area contributed by atoms with E-state index in [1.165, 1.54) is 25.1 Å². The molecule has 0 saturated heterocycles. The normalized spacial score (nSPS) is 11.3. The molecule has 0 radical (unpaired) electrons. The predicted octanol–water partition coefficient (Wildman–Crippen LogP) is 0.119. The summed E-state index contributed by atoms with van der Waals surface area (Å²) in [5, 5.41) is 4.89. The molecule has 0 amide bonds. The first-order valence-corrected chi connectivity index (χ1v) is 5.30. The average molecular weight is 214 g/mol. The molecular weight excluding hydrogens is 204 g/mol. The Hall–Kier alpha value is -1.40. The van der Waals surface area contributed by atoms with E-state index in [2.05, 4.69) is 0 Å². The van der Waals surface area contributed by atoms with Gasteiger partial charge in [-0.3, -0.25) is 4.79 Å². The van der Waals surface area contributed by atoms with Gasteiger partial charge >= 0.3 is 0 Å². The SMILES string of the molecule is CC(=O)c1ccc(S(N)(=O)=O)c(N)c1. The van der Waals surface area contributed by atoms with Gasteiger partial charge < -0.3 is 5.73 Å². The number of Topliss-reactive ketones (excluding diaryl/α,β-unsaturated/α-hetero) is 1. The largest absolute Gasteiger partial charge is 0.398 e. The predicted molar refractivity (Wildman–Crippen MR) is 52.2 cm³/mol. The molecule has 0 aliphatic heterocycles. The molecule has 0 saturated carbocycles. The minimum atomic E-state index is -3.81. The summed E-state index contributed by atoms with van der Waals surface area (Å²) in [6, 6.07) is 3.89. The third kappa shape index (κ3) is 2.09. The lowest BCUT2D eigenvalue weighted by Gasteiger charge is -2.04. The number of carbonyl (C=O) groups excluding carboxylic acids is 1. The topological polar surface area (TPSA) is 103 Å². The Balaban J connectivity index is 3.35. The number of hydrogen-bond acceptors (Lipinski definition) is 4. The maximum atomic E-state index is 10.9. The van der Waals surface area contributed by atoms with Gasteiger partial charge in [0.15, 0.2) is 5.78 Å². The number of primary sulfonamides is 1. The number of anilines is 1. The minimum Gasteiger partial charge on any atom is -0.398 e. The Labute approximate surface area is 81.8 Å². The third-order valence-electron chi connectivity index (χ3n) is 1.72. The molecule has 0 atom stereocenters. The van der Waals surface area contributed by atoms with Crippen molar-refractivity contribution in [3.63, 3.8) is 0 Å². The molecule has 1 aromatic carbocycles. The van der Waals surface area contributed by atoms with Gasteiger partial charge in [-0.15, -0.1) is 0 Å². The summed E-state index contributed by atoms with van der Waals surface area (Å²) in [6.07, 6.45) is 0. The number of benzene rings is 1. The molecule has 14 heavy (non-hydrogen) atoms. The van der Waals surface area contributed by atoms with Crippen LogP contribution in [0.2, 0.25) is 0 Å². The number of rotatable bonds is 2. The van der Waals surface area contributed by atoms with Crippen LogP contribution in [-0.4, -0.2) is 14.2 Å². The molecule has 0 unspecified atom stereocenters. The van der Waals surface area contributed by atoms with Crippen LogP contribution in [0, 0.1) is 0 Å². The lowest BCUT2D eigenvalue weighted by molar-refractivity contribution is 0.101. The van der Waals surface area contributed by atoms with Crippen molar-refractivity contribution < 1.29 is 13.2 Å². The molecule has 6 heteroatoms. The van der Waals surface area contributed by atoms with Gasteiger partial charge in [0.1, 0.15) is 4.90 Å². The number of sulfonamides is 1. The van der Waals surface area contributed by atoms with Crippen molar-refractivity contribution in [2.75, 3.05) is 5.73 Å². The van der Waals surface area contributed by atoms with Gasteiger partial charge in [-0.1, -0.05) is 0 Å². The van der Waals surface area contributed by atoms with E-state index in [0.717, 1.165) is 0 Å². The molecular formula is C8H10N2O3S. The zero-order chi connectivity index (χ0) is 10.9. The summed E-state index contributed by atoms with van der Waals surface area (Å²) >= 11 is 0. The molecule has 0 aliphatic rings. The highest BCUT2D eigenvalue weighted by molar-refractivity contribution is 7.89. The van der Waals surface area contributed by atoms with E-state index in [0.29, 0.717) is 5.56 Å². The van der Waals surface area contributed by atoms with E-state index >= 15 is 0 Å². The number of hydrogen-bond donors (Lipinski definition) is 2. The van der Waals surface area contributed by atoms with Crippen molar-refractivity contribution in [2.24, 2.45) is 5.14 Å². The molecule has 0 aliphatic carbocycles. The first-order chi connectivity index (χ1) is 6.32. The van der Waals surface area contributed by atoms with Gasteiger partial charge in [-0.25, -0.2) is 13.6 Å². The van der Waals surface area contributed by atoms with Crippen molar-refractivity contribution in [1.82, 2.24) is 0 Å². The van der Waals surface area contributed by atoms with Crippen LogP contribution in [0.3, 0.4) is 0 Å². The van der Waals surface area contributed by atoms with Crippen LogP contribution in [0.25, 0.3) is 0 Å². The third-order valence-corrected chi connectivity index (χ3v) is 2.71. The van der Waals surface area contributed by atoms with Gasteiger partial charge in [0, 0.05) is 5.56 Å². The van der Waals surface area contributed by atoms with Crippen LogP contribution in [0.4, 0.5) is 5.69 Å². The molecule has 0 spiro atoms. The number of nitrogen functional groups attached to an aromatic ring is 1. The molecule has 0 bridgehead atoms. The summed E-state index contributed by atoms with van der Waals surface area (Å²) in [4.78, 5) is 10.8. The summed E-state index contributed by atoms with van der Waals surface area (Å²) in [5.41, 5.74) is 5.78. The summed E-state index contributed by atoms with van der Waals surface area (Å²) in [6.45, 7) is 1.37. The molecule has 76 valence electrons. The number of carbonyl (C=O) groups is 1. The molecule has 5 nitrogen and oxygen atoms in total. The van der Waals surface area contributed by atoms with Crippen LogP contribution < -0.4 is 10.9 Å². The van der Waals surface area contributed by atoms with Crippen molar-refractivity contribution >= 4 is 21.5 Å². The Bertz CT molecular complexity index is 479. The van der Waals surface area contributed by atoms with E-state index in [4.69, 9.17) is 10.9 Å². The Morgan fingerprint density at radius 1 is 1.36 bits per heavy atom. The molecule has 0 heterocycles. The second-order valence-electron chi connectivity index (χ2n) is 2.85. The molecule has 0 fully saturated rings. The highest BCUT2D eigenvalue weighted by atomic mass is 32.2. The fourth-order valence-electron chi connectivity index (χ4n) is 1.03. The van der Waals surface area contributed by atoms with Crippen LogP contribution in [-0.2, 0) is 10.0 Å². The highest BCUT2D eigenvalue weighted by Crippen LogP contribution is 2.18. The van der Waals surface area contributed by atoms with Crippen molar-refractivity contribution in [3.05, 3.63) is 23.8 Å². The monoisotopic (exact) mass is 214 g/mol. The fourth-order valence-corrected chi connectivity index (χ4v) is 1.67. The Kier molecular flexibility index (Phi) is 2.59. The Morgan fingerprint density at radius 2 is 1.93 bits per heavy atom. The number of nitrogens with two attached hydrogens (primary N) is 2. The van der Waals surface area contributed by atoms with Crippen LogP contribution >= 0.6 is 0 Å². The van der Waals surface area contributed by atoms with Crippen molar-refractivity contribution in [2.45, 2.75) is 11.8 Å². The fraction of sp³-hybridized carbons (Fsp3) is 0.125. The van der Waals surface area contributed by atoms with Gasteiger partial charge in [0.2, 0.25) is 10.0 Å². The average Bonchev–Trinajstić information content (AvgIpc) is 2.01. The summed E-state index contributed by atoms with van der Waals surface area (Å²) < 4.78 is 21.9. The first-order valence-electron chi connectivity index (χ1n) is 3.75. The van der Waals surface area contributed by atoms with Crippen molar-refractivity contribution in [1.29, 1.82) is 0 Å². The van der Waals surface area contributed by atoms with Gasteiger partial charge in [0.05, 0.1) is 5.69 Å². The van der Waals surface area contributed by atoms with E-state index in [1.54, 1.807) is 0 Å². The molecule has 4 N–H and O–H groups in total. The van der Waals surface area contributed by atoms with Crippen LogP contribution in [0.5, 0.6) is 0 Å². The lowest BCUT2D eigenvalue weighted by Crippen LogP contribution is -2.14. The van der Waals surface area contributed by atoms with Gasteiger partial charge in [0.25, 0.3) is 0 Å². The minimum absolute atomic E-state index is 0.0137. The second kappa shape index (κ2) is 3.39. The molecule has 1 aromatic rings. The summed E-state index contributed by atoms with van der Waals surface area (Å²) in [5.74, 6) is -0.183. The highest BCUT2D eigenvalue weighted by Gasteiger charge is 2.13. The van der Waals surface area contributed by atoms with Crippen LogP contribution in [0.1, 0.15) is 17.3 Å². The van der Waals surface area contributed by atoms with E-state index < -0.39 is 10.0 Å². The van der Waals surface area contributed by atoms with E-state index in [-0.39, 0.29) is 16.4 Å². The maximum absolute atomic E-state index is 10.9. The number of ketones is 1. The molecule has 0 aromatic heterocycles. The maximum Gasteiger partial charge on any atom is 0.240 e. The standard InChI is InChI=1S/C8H10N2O3S/c1-5(11)6-2-3-8(7(9)4-6)14(10,12)13/h2-4H,9H2,1H3,(H2,10,12,13). The summed E-state index contributed by atoms with van der Waals surface area (Å²) in [7, 11) is -3.81. The first kappa shape index (κ1) is 10.7. The second-order valence-corrected chi connectivity index (χ2v) is 4.38. The quantitative estimate of drug-likeness (QED) is 0.539. The van der Waals surface area contributed by atoms with Gasteiger partial charge in [-0.2, -0.15) is 0 Å². The zero-order valence-corrected chi connectivity index (χ0v) is 8.34. The van der Waals surface area contributed by atoms with Crippen LogP contribution in [0.15, 0.2) is 23.1 Å². The Morgan fingerprint density at radius 3 is 2.29 bits per heavy atom. The van der Waals surface area contributed by atoms with E-state index in [1.807, 2.05) is 0 Å². The smallest absolute Gasteiger partial charge is 0.240 e.